The molecule has 1 saturated heterocycles. The van der Waals surface area contributed by atoms with Crippen LogP contribution in [0.5, 0.6) is 0 Å². The van der Waals surface area contributed by atoms with Crippen LogP contribution in [-0.4, -0.2) is 43.8 Å². The van der Waals surface area contributed by atoms with Crippen molar-refractivity contribution >= 4 is 15.9 Å². The molecular weight excluding hydrogens is 261 g/mol. The third-order valence-corrected chi connectivity index (χ3v) is 4.38. The Morgan fingerprint density at radius 3 is 2.56 bits per heavy atom. The lowest BCUT2D eigenvalue weighted by Crippen LogP contribution is -2.48. The maximum Gasteiger partial charge on any atom is 0.407 e. The molecule has 1 N–H and O–H groups in total. The third-order valence-electron chi connectivity index (χ3n) is 2.51. The fourth-order valence-corrected chi connectivity index (χ4v) is 3.59. The molecule has 1 amide bonds. The van der Waals surface area contributed by atoms with E-state index in [1.54, 1.807) is 20.8 Å². The molecule has 0 aromatic carbocycles. The molecule has 18 heavy (non-hydrogen) atoms. The number of sulfone groups is 1. The van der Waals surface area contributed by atoms with Crippen LogP contribution in [0.15, 0.2) is 0 Å². The summed E-state index contributed by atoms with van der Waals surface area (Å²) in [5, 5.41) is 2.29. The Labute approximate surface area is 107 Å². The van der Waals surface area contributed by atoms with Gasteiger partial charge in [-0.1, -0.05) is 0 Å². The Morgan fingerprint density at radius 1 is 1.44 bits per heavy atom. The summed E-state index contributed by atoms with van der Waals surface area (Å²) < 4.78 is 41.9. The van der Waals surface area contributed by atoms with E-state index in [4.69, 9.17) is 4.74 Å². The highest BCUT2D eigenvalue weighted by Crippen LogP contribution is 2.26. The van der Waals surface area contributed by atoms with Gasteiger partial charge in [-0.2, -0.15) is 0 Å². The summed E-state index contributed by atoms with van der Waals surface area (Å²) in [6.45, 7) is 4.76. The number of halogens is 1. The molecule has 1 unspecified atom stereocenters. The Bertz CT molecular complexity index is 415. The van der Waals surface area contributed by atoms with Crippen molar-refractivity contribution < 1.29 is 22.3 Å². The smallest absolute Gasteiger partial charge is 0.407 e. The highest BCUT2D eigenvalue weighted by molar-refractivity contribution is 7.91. The van der Waals surface area contributed by atoms with Gasteiger partial charge in [-0.3, -0.25) is 0 Å². The molecule has 1 rings (SSSR count). The van der Waals surface area contributed by atoms with E-state index in [1.807, 2.05) is 0 Å². The van der Waals surface area contributed by atoms with E-state index in [9.17, 15) is 17.6 Å². The molecule has 1 atom stereocenters. The molecule has 0 spiro atoms. The number of rotatable bonds is 2. The van der Waals surface area contributed by atoms with Crippen molar-refractivity contribution in [3.63, 3.8) is 0 Å². The van der Waals surface area contributed by atoms with Crippen molar-refractivity contribution in [2.24, 2.45) is 0 Å². The number of hydrogen-bond donors (Lipinski definition) is 1. The highest BCUT2D eigenvalue weighted by atomic mass is 32.2. The molecule has 1 heterocycles. The molecule has 1 aliphatic heterocycles. The average molecular weight is 281 g/mol. The van der Waals surface area contributed by atoms with Gasteiger partial charge >= 0.3 is 6.09 Å². The second-order valence-corrected chi connectivity index (χ2v) is 7.89. The minimum absolute atomic E-state index is 0.0190. The molecule has 0 bridgehead atoms. The van der Waals surface area contributed by atoms with Crippen LogP contribution in [0, 0.1) is 0 Å². The van der Waals surface area contributed by atoms with Gasteiger partial charge in [0.05, 0.1) is 18.1 Å². The standard InChI is InChI=1S/C11H20FNO4S/c1-10(2,3)17-9(14)13-7-11(12)5-4-6-18(15,16)8-11/h4-8H2,1-3H3,(H,13,14). The van der Waals surface area contributed by atoms with E-state index >= 15 is 0 Å². The summed E-state index contributed by atoms with van der Waals surface area (Å²) in [5.41, 5.74) is -2.54. The number of alkyl carbamates (subject to hydrolysis) is 1. The third kappa shape index (κ3) is 5.20. The molecule has 0 aromatic heterocycles. The molecule has 0 saturated carbocycles. The van der Waals surface area contributed by atoms with Crippen molar-refractivity contribution in [2.75, 3.05) is 18.1 Å². The predicted octanol–water partition coefficient (Wildman–Crippen LogP) is 1.43. The van der Waals surface area contributed by atoms with E-state index in [1.165, 1.54) is 0 Å². The van der Waals surface area contributed by atoms with Gasteiger partial charge < -0.3 is 10.1 Å². The lowest BCUT2D eigenvalue weighted by atomic mass is 10.0. The van der Waals surface area contributed by atoms with Gasteiger partial charge in [-0.05, 0) is 33.6 Å². The second-order valence-electron chi connectivity index (χ2n) is 5.70. The molecule has 1 aliphatic rings. The zero-order valence-electron chi connectivity index (χ0n) is 11.0. The van der Waals surface area contributed by atoms with E-state index in [2.05, 4.69) is 5.32 Å². The number of carbonyl (C=O) groups is 1. The molecule has 0 aromatic rings. The van der Waals surface area contributed by atoms with E-state index in [0.29, 0.717) is 0 Å². The molecule has 7 heteroatoms. The van der Waals surface area contributed by atoms with Crippen LogP contribution < -0.4 is 5.32 Å². The predicted molar refractivity (Wildman–Crippen MR) is 66.0 cm³/mol. The van der Waals surface area contributed by atoms with Crippen molar-refractivity contribution in [3.8, 4) is 0 Å². The maximum atomic E-state index is 14.2. The zero-order chi connectivity index (χ0) is 14.0. The first-order chi connectivity index (χ1) is 8.02. The first-order valence-electron chi connectivity index (χ1n) is 5.88. The lowest BCUT2D eigenvalue weighted by molar-refractivity contribution is 0.0479. The SMILES string of the molecule is CC(C)(C)OC(=O)NCC1(F)CCCS(=O)(=O)C1. The van der Waals surface area contributed by atoms with E-state index in [-0.39, 0.29) is 25.1 Å². The summed E-state index contributed by atoms with van der Waals surface area (Å²) in [7, 11) is -3.34. The molecule has 106 valence electrons. The number of alkyl halides is 1. The Morgan fingerprint density at radius 2 is 2.06 bits per heavy atom. The molecular formula is C11H20FNO4S. The normalized spacial score (nSPS) is 27.6. The van der Waals surface area contributed by atoms with Crippen LogP contribution in [0.25, 0.3) is 0 Å². The Kier molecular flexibility index (Phi) is 4.25. The van der Waals surface area contributed by atoms with Crippen LogP contribution >= 0.6 is 0 Å². The Balaban J connectivity index is 2.50. The molecule has 0 aliphatic carbocycles. The lowest BCUT2D eigenvalue weighted by Gasteiger charge is -2.29. The van der Waals surface area contributed by atoms with Crippen molar-refractivity contribution in [2.45, 2.75) is 44.9 Å². The number of ether oxygens (including phenoxy) is 1. The van der Waals surface area contributed by atoms with Crippen molar-refractivity contribution in [3.05, 3.63) is 0 Å². The van der Waals surface area contributed by atoms with Crippen LogP contribution in [-0.2, 0) is 14.6 Å². The largest absolute Gasteiger partial charge is 0.444 e. The summed E-state index contributed by atoms with van der Waals surface area (Å²) in [5.74, 6) is -0.513. The quantitative estimate of drug-likeness (QED) is 0.831. The molecule has 1 fully saturated rings. The number of nitrogens with one attached hydrogen (secondary N) is 1. The molecule has 0 radical (unpaired) electrons. The van der Waals surface area contributed by atoms with E-state index in [0.717, 1.165) is 0 Å². The number of carbonyl (C=O) groups excluding carboxylic acids is 1. The van der Waals surface area contributed by atoms with Gasteiger partial charge in [0.25, 0.3) is 0 Å². The fraction of sp³-hybridized carbons (Fsp3) is 0.909. The second kappa shape index (κ2) is 5.03. The number of amides is 1. The van der Waals surface area contributed by atoms with Crippen molar-refractivity contribution in [1.82, 2.24) is 5.32 Å². The van der Waals surface area contributed by atoms with Gasteiger partial charge in [-0.15, -0.1) is 0 Å². The number of hydrogen-bond acceptors (Lipinski definition) is 4. The van der Waals surface area contributed by atoms with Crippen LogP contribution in [0.2, 0.25) is 0 Å². The van der Waals surface area contributed by atoms with Gasteiger partial charge in [0.15, 0.2) is 9.84 Å². The van der Waals surface area contributed by atoms with Crippen LogP contribution in [0.3, 0.4) is 0 Å². The molecule has 5 nitrogen and oxygen atoms in total. The van der Waals surface area contributed by atoms with E-state index < -0.39 is 33.0 Å². The summed E-state index contributed by atoms with van der Waals surface area (Å²) in [6, 6.07) is 0. The van der Waals surface area contributed by atoms with Gasteiger partial charge in [0.2, 0.25) is 0 Å². The van der Waals surface area contributed by atoms with Crippen molar-refractivity contribution in [1.29, 1.82) is 0 Å². The highest BCUT2D eigenvalue weighted by Gasteiger charge is 2.39. The van der Waals surface area contributed by atoms with Gasteiger partial charge in [0, 0.05) is 0 Å². The topological polar surface area (TPSA) is 72.5 Å². The maximum absolute atomic E-state index is 14.2. The first-order valence-corrected chi connectivity index (χ1v) is 7.70. The monoisotopic (exact) mass is 281 g/mol. The summed E-state index contributed by atoms with van der Waals surface area (Å²) >= 11 is 0. The zero-order valence-corrected chi connectivity index (χ0v) is 11.8. The Hall–Kier alpha value is -0.850. The average Bonchev–Trinajstić information content (AvgIpc) is 2.10. The fourth-order valence-electron chi connectivity index (χ4n) is 1.83. The first kappa shape index (κ1) is 15.2. The van der Waals surface area contributed by atoms with Crippen LogP contribution in [0.4, 0.5) is 9.18 Å². The van der Waals surface area contributed by atoms with Gasteiger partial charge in [0.1, 0.15) is 11.3 Å². The summed E-state index contributed by atoms with van der Waals surface area (Å²) in [6.07, 6.45) is -0.306. The minimum Gasteiger partial charge on any atom is -0.444 e. The van der Waals surface area contributed by atoms with Crippen LogP contribution in [0.1, 0.15) is 33.6 Å². The minimum atomic E-state index is -3.34. The van der Waals surface area contributed by atoms with Gasteiger partial charge in [-0.25, -0.2) is 17.6 Å². The summed E-state index contributed by atoms with van der Waals surface area (Å²) in [4.78, 5) is 11.4.